The van der Waals surface area contributed by atoms with Gasteiger partial charge in [-0.05, 0) is 12.1 Å². The van der Waals surface area contributed by atoms with Crippen LogP contribution in [-0.4, -0.2) is 15.4 Å². The molecule has 3 nitrogen and oxygen atoms in total. The second-order valence-corrected chi connectivity index (χ2v) is 4.82. The smallest absolute Gasteiger partial charge is 0.153 e. The van der Waals surface area contributed by atoms with Gasteiger partial charge in [-0.1, -0.05) is 0 Å². The minimum Gasteiger partial charge on any atom is -0.472 e. The molecule has 0 amide bonds. The first-order valence-electron chi connectivity index (χ1n) is 6.10. The van der Waals surface area contributed by atoms with E-state index in [1.54, 1.807) is 23.2 Å². The van der Waals surface area contributed by atoms with Gasteiger partial charge in [-0.15, -0.1) is 11.6 Å². The fraction of sp³-hybridized carbons (Fsp3) is 0.214. The molecule has 104 valence electrons. The number of furan rings is 1. The Morgan fingerprint density at radius 3 is 2.85 bits per heavy atom. The van der Waals surface area contributed by atoms with E-state index in [0.717, 1.165) is 11.6 Å². The molecule has 2 heterocycles. The van der Waals surface area contributed by atoms with E-state index in [9.17, 15) is 8.78 Å². The van der Waals surface area contributed by atoms with Crippen LogP contribution in [-0.2, 0) is 13.0 Å². The van der Waals surface area contributed by atoms with Gasteiger partial charge < -0.3 is 8.98 Å². The number of aromatic nitrogens is 2. The van der Waals surface area contributed by atoms with Crippen molar-refractivity contribution in [3.8, 4) is 0 Å². The standard InChI is InChI=1S/C14H11ClF2N2O/c15-3-1-13-18-14-11(17)5-10(16)6-12(14)19(13)7-9-2-4-20-8-9/h2,4-6,8H,1,3,7H2. The van der Waals surface area contributed by atoms with E-state index in [1.165, 1.54) is 6.07 Å². The maximum atomic E-state index is 13.8. The van der Waals surface area contributed by atoms with E-state index in [2.05, 4.69) is 4.98 Å². The Kier molecular flexibility index (Phi) is 3.44. The molecule has 20 heavy (non-hydrogen) atoms. The van der Waals surface area contributed by atoms with Crippen LogP contribution in [0.25, 0.3) is 11.0 Å². The molecule has 0 radical (unpaired) electrons. The average Bonchev–Trinajstić information content (AvgIpc) is 3.01. The van der Waals surface area contributed by atoms with Gasteiger partial charge in [0.15, 0.2) is 5.82 Å². The van der Waals surface area contributed by atoms with Crippen LogP contribution in [0.2, 0.25) is 0 Å². The number of aryl methyl sites for hydroxylation is 1. The largest absolute Gasteiger partial charge is 0.472 e. The molecule has 0 saturated carbocycles. The van der Waals surface area contributed by atoms with Crippen molar-refractivity contribution in [2.45, 2.75) is 13.0 Å². The van der Waals surface area contributed by atoms with Gasteiger partial charge >= 0.3 is 0 Å². The van der Waals surface area contributed by atoms with Crippen molar-refractivity contribution in [2.75, 3.05) is 5.88 Å². The maximum absolute atomic E-state index is 13.8. The fourth-order valence-electron chi connectivity index (χ4n) is 2.21. The summed E-state index contributed by atoms with van der Waals surface area (Å²) in [4.78, 5) is 4.23. The van der Waals surface area contributed by atoms with Gasteiger partial charge in [-0.3, -0.25) is 0 Å². The van der Waals surface area contributed by atoms with Crippen LogP contribution >= 0.6 is 11.6 Å². The molecule has 0 aliphatic carbocycles. The molecule has 0 unspecified atom stereocenters. The first-order chi connectivity index (χ1) is 9.69. The van der Waals surface area contributed by atoms with E-state index in [4.69, 9.17) is 16.0 Å². The zero-order chi connectivity index (χ0) is 14.1. The number of imidazole rings is 1. The van der Waals surface area contributed by atoms with Crippen LogP contribution in [0.15, 0.2) is 35.1 Å². The third-order valence-electron chi connectivity index (χ3n) is 3.09. The van der Waals surface area contributed by atoms with Crippen molar-refractivity contribution in [3.05, 3.63) is 53.7 Å². The van der Waals surface area contributed by atoms with Crippen LogP contribution in [0.1, 0.15) is 11.4 Å². The summed E-state index contributed by atoms with van der Waals surface area (Å²) < 4.78 is 34.0. The number of hydrogen-bond acceptors (Lipinski definition) is 2. The van der Waals surface area contributed by atoms with Gasteiger partial charge in [0.25, 0.3) is 0 Å². The SMILES string of the molecule is Fc1cc(F)c2nc(CCCl)n(Cc3ccoc3)c2c1. The molecular weight excluding hydrogens is 286 g/mol. The van der Waals surface area contributed by atoms with Crippen LogP contribution in [0.3, 0.4) is 0 Å². The first kappa shape index (κ1) is 13.1. The highest BCUT2D eigenvalue weighted by atomic mass is 35.5. The van der Waals surface area contributed by atoms with E-state index >= 15 is 0 Å². The second-order valence-electron chi connectivity index (χ2n) is 4.44. The van der Waals surface area contributed by atoms with Crippen LogP contribution in [0.5, 0.6) is 0 Å². The molecule has 0 atom stereocenters. The molecule has 0 aliphatic rings. The molecule has 0 bridgehead atoms. The summed E-state index contributed by atoms with van der Waals surface area (Å²) in [5.41, 5.74) is 1.48. The molecule has 0 spiro atoms. The summed E-state index contributed by atoms with van der Waals surface area (Å²) in [5, 5.41) is 0. The van der Waals surface area contributed by atoms with Crippen molar-refractivity contribution in [3.63, 3.8) is 0 Å². The Morgan fingerprint density at radius 1 is 1.30 bits per heavy atom. The molecule has 3 aromatic rings. The Labute approximate surface area is 118 Å². The summed E-state index contributed by atoms with van der Waals surface area (Å²) >= 11 is 5.75. The predicted molar refractivity (Wildman–Crippen MR) is 71.9 cm³/mol. The molecule has 3 rings (SSSR count). The van der Waals surface area contributed by atoms with Crippen molar-refractivity contribution < 1.29 is 13.2 Å². The number of hydrogen-bond donors (Lipinski definition) is 0. The minimum atomic E-state index is -0.665. The van der Waals surface area contributed by atoms with Crippen LogP contribution < -0.4 is 0 Å². The summed E-state index contributed by atoms with van der Waals surface area (Å²) in [6.45, 7) is 0.433. The minimum absolute atomic E-state index is 0.162. The number of nitrogens with zero attached hydrogens (tertiary/aromatic N) is 2. The van der Waals surface area contributed by atoms with E-state index in [-0.39, 0.29) is 5.52 Å². The number of fused-ring (bicyclic) bond motifs is 1. The van der Waals surface area contributed by atoms with E-state index < -0.39 is 11.6 Å². The Morgan fingerprint density at radius 2 is 2.15 bits per heavy atom. The fourth-order valence-corrected chi connectivity index (χ4v) is 2.38. The molecule has 0 fully saturated rings. The van der Waals surface area contributed by atoms with Crippen molar-refractivity contribution in [1.29, 1.82) is 0 Å². The Bertz CT molecular complexity index is 737. The monoisotopic (exact) mass is 296 g/mol. The number of benzene rings is 1. The van der Waals surface area contributed by atoms with Crippen molar-refractivity contribution in [1.82, 2.24) is 9.55 Å². The highest BCUT2D eigenvalue weighted by Crippen LogP contribution is 2.23. The van der Waals surface area contributed by atoms with Crippen molar-refractivity contribution >= 4 is 22.6 Å². The zero-order valence-corrected chi connectivity index (χ0v) is 11.2. The zero-order valence-electron chi connectivity index (χ0n) is 10.4. The van der Waals surface area contributed by atoms with Gasteiger partial charge in [0.1, 0.15) is 17.2 Å². The number of halogens is 3. The highest BCUT2D eigenvalue weighted by Gasteiger charge is 2.15. The third-order valence-corrected chi connectivity index (χ3v) is 3.28. The molecule has 0 saturated heterocycles. The van der Waals surface area contributed by atoms with Gasteiger partial charge in [-0.25, -0.2) is 13.8 Å². The normalized spacial score (nSPS) is 11.3. The summed E-state index contributed by atoms with van der Waals surface area (Å²) in [7, 11) is 0. The molecule has 2 aromatic heterocycles. The van der Waals surface area contributed by atoms with Gasteiger partial charge in [0.05, 0.1) is 24.6 Å². The maximum Gasteiger partial charge on any atom is 0.153 e. The van der Waals surface area contributed by atoms with Gasteiger partial charge in [0, 0.05) is 23.9 Å². The summed E-state index contributed by atoms with van der Waals surface area (Å²) in [6.07, 6.45) is 3.62. The summed E-state index contributed by atoms with van der Waals surface area (Å²) in [5.74, 6) is -0.304. The lowest BCUT2D eigenvalue weighted by Crippen LogP contribution is -2.05. The Balaban J connectivity index is 2.17. The molecule has 1 aromatic carbocycles. The molecule has 0 N–H and O–H groups in total. The summed E-state index contributed by atoms with van der Waals surface area (Å²) in [6, 6.07) is 3.91. The quantitative estimate of drug-likeness (QED) is 0.687. The lowest BCUT2D eigenvalue weighted by molar-refractivity contribution is 0.562. The number of rotatable bonds is 4. The van der Waals surface area contributed by atoms with Crippen molar-refractivity contribution in [2.24, 2.45) is 0 Å². The van der Waals surface area contributed by atoms with E-state index in [1.807, 2.05) is 0 Å². The lowest BCUT2D eigenvalue weighted by atomic mass is 10.2. The molecule has 0 aliphatic heterocycles. The van der Waals surface area contributed by atoms with Gasteiger partial charge in [-0.2, -0.15) is 0 Å². The van der Waals surface area contributed by atoms with Gasteiger partial charge in [0.2, 0.25) is 0 Å². The van der Waals surface area contributed by atoms with Crippen LogP contribution in [0, 0.1) is 11.6 Å². The number of alkyl halides is 1. The third kappa shape index (κ3) is 2.29. The Hall–Kier alpha value is -1.88. The lowest BCUT2D eigenvalue weighted by Gasteiger charge is -2.06. The topological polar surface area (TPSA) is 31.0 Å². The average molecular weight is 297 g/mol. The molecular formula is C14H11ClF2N2O. The highest BCUT2D eigenvalue weighted by molar-refractivity contribution is 6.17. The second kappa shape index (κ2) is 5.25. The van der Waals surface area contributed by atoms with Crippen LogP contribution in [0.4, 0.5) is 8.78 Å². The van der Waals surface area contributed by atoms with E-state index in [0.29, 0.717) is 30.2 Å². The predicted octanol–water partition coefficient (Wildman–Crippen LogP) is 3.74. The molecule has 6 heteroatoms. The first-order valence-corrected chi connectivity index (χ1v) is 6.63.